The zero-order valence-electron chi connectivity index (χ0n) is 9.92. The molecule has 2 aromatic rings. The molecular weight excluding hydrogens is 435 g/mol. The quantitative estimate of drug-likeness (QED) is 0.476. The van der Waals surface area contributed by atoms with Crippen molar-refractivity contribution >= 4 is 66.4 Å². The second kappa shape index (κ2) is 6.81. The van der Waals surface area contributed by atoms with Gasteiger partial charge in [-0.25, -0.2) is 0 Å². The van der Waals surface area contributed by atoms with Gasteiger partial charge in [-0.05, 0) is 45.9 Å². The summed E-state index contributed by atoms with van der Waals surface area (Å²) >= 11 is 21.4. The van der Waals surface area contributed by atoms with Crippen LogP contribution in [0.5, 0.6) is 5.75 Å². The first kappa shape index (κ1) is 15.6. The molecule has 1 atom stereocenters. The molecule has 0 bridgehead atoms. The van der Waals surface area contributed by atoms with Crippen molar-refractivity contribution in [2.24, 2.45) is 0 Å². The zero-order chi connectivity index (χ0) is 14.0. The third-order valence-corrected chi connectivity index (χ3v) is 6.31. The minimum Gasteiger partial charge on any atom is -0.492 e. The summed E-state index contributed by atoms with van der Waals surface area (Å²) in [6, 6.07) is 5.62. The van der Waals surface area contributed by atoms with Gasteiger partial charge in [0.1, 0.15) is 5.75 Å². The molecule has 0 N–H and O–H groups in total. The molecule has 0 amide bonds. The molecule has 0 radical (unpaired) electrons. The van der Waals surface area contributed by atoms with E-state index in [-0.39, 0.29) is 4.83 Å². The summed E-state index contributed by atoms with van der Waals surface area (Å²) in [5.41, 5.74) is 0.929. The van der Waals surface area contributed by atoms with Crippen molar-refractivity contribution in [1.82, 2.24) is 0 Å². The number of halogens is 4. The number of ether oxygens (including phenoxy) is 1. The Hall–Kier alpha value is 0.260. The van der Waals surface area contributed by atoms with Gasteiger partial charge in [0, 0.05) is 20.4 Å². The summed E-state index contributed by atoms with van der Waals surface area (Å²) in [5, 5.41) is 3.23. The first-order chi connectivity index (χ1) is 9.04. The maximum absolute atomic E-state index is 6.32. The van der Waals surface area contributed by atoms with Crippen LogP contribution >= 0.6 is 66.4 Å². The van der Waals surface area contributed by atoms with Gasteiger partial charge in [-0.3, -0.25) is 0 Å². The van der Waals surface area contributed by atoms with Crippen molar-refractivity contribution in [1.29, 1.82) is 0 Å². The Balaban J connectivity index is 2.40. The highest BCUT2D eigenvalue weighted by atomic mass is 79.9. The van der Waals surface area contributed by atoms with E-state index in [2.05, 4.69) is 31.9 Å². The van der Waals surface area contributed by atoms with E-state index in [1.807, 2.05) is 24.4 Å². The minimum atomic E-state index is 0.00236. The topological polar surface area (TPSA) is 9.23 Å². The number of alkyl halides is 1. The molecule has 1 unspecified atom stereocenters. The molecule has 0 aliphatic rings. The largest absolute Gasteiger partial charge is 0.492 e. The van der Waals surface area contributed by atoms with Crippen LogP contribution in [0.15, 0.2) is 28.1 Å². The molecule has 2 rings (SSSR count). The van der Waals surface area contributed by atoms with Gasteiger partial charge in [0.25, 0.3) is 0 Å². The van der Waals surface area contributed by atoms with Crippen LogP contribution < -0.4 is 4.74 Å². The van der Waals surface area contributed by atoms with Gasteiger partial charge in [-0.15, -0.1) is 11.3 Å². The smallest absolute Gasteiger partial charge is 0.139 e. The average Bonchev–Trinajstić information content (AvgIpc) is 2.79. The summed E-state index contributed by atoms with van der Waals surface area (Å²) in [6.07, 6.45) is 0. The van der Waals surface area contributed by atoms with E-state index >= 15 is 0 Å². The number of thiophene rings is 1. The monoisotopic (exact) mass is 442 g/mol. The molecule has 1 aromatic carbocycles. The molecule has 0 aliphatic heterocycles. The van der Waals surface area contributed by atoms with Crippen LogP contribution in [0.1, 0.15) is 22.2 Å². The van der Waals surface area contributed by atoms with Crippen molar-refractivity contribution in [2.45, 2.75) is 11.8 Å². The highest BCUT2D eigenvalue weighted by Crippen LogP contribution is 2.44. The molecule has 19 heavy (non-hydrogen) atoms. The Labute approximate surface area is 143 Å². The maximum Gasteiger partial charge on any atom is 0.139 e. The Bertz CT molecular complexity index is 586. The summed E-state index contributed by atoms with van der Waals surface area (Å²) < 4.78 is 6.48. The summed E-state index contributed by atoms with van der Waals surface area (Å²) in [6.45, 7) is 2.47. The zero-order valence-corrected chi connectivity index (χ0v) is 15.4. The lowest BCUT2D eigenvalue weighted by molar-refractivity contribution is 0.340. The lowest BCUT2D eigenvalue weighted by atomic mass is 10.1. The van der Waals surface area contributed by atoms with Crippen molar-refractivity contribution < 1.29 is 4.74 Å². The summed E-state index contributed by atoms with van der Waals surface area (Å²) in [7, 11) is 0. The number of hydrogen-bond donors (Lipinski definition) is 0. The molecule has 6 heteroatoms. The van der Waals surface area contributed by atoms with Crippen molar-refractivity contribution in [3.05, 3.63) is 48.5 Å². The standard InChI is InChI=1S/C13H10Br2Cl2OS/c1-2-18-11-6-9(16)7(5-10(11)17)12(15)13-8(14)3-4-19-13/h3-6,12H,2H2,1H3. The van der Waals surface area contributed by atoms with Gasteiger partial charge >= 0.3 is 0 Å². The lowest BCUT2D eigenvalue weighted by Crippen LogP contribution is -1.96. The van der Waals surface area contributed by atoms with Gasteiger partial charge in [0.15, 0.2) is 0 Å². The maximum atomic E-state index is 6.32. The van der Waals surface area contributed by atoms with Crippen LogP contribution in [0.2, 0.25) is 10.0 Å². The molecule has 1 nitrogen and oxygen atoms in total. The SMILES string of the molecule is CCOc1cc(Cl)c(C(Br)c2sccc2Br)cc1Cl. The molecule has 1 aromatic heterocycles. The van der Waals surface area contributed by atoms with Crippen molar-refractivity contribution in [3.63, 3.8) is 0 Å². The lowest BCUT2D eigenvalue weighted by Gasteiger charge is -2.14. The van der Waals surface area contributed by atoms with Crippen LogP contribution in [-0.2, 0) is 0 Å². The Morgan fingerprint density at radius 1 is 1.32 bits per heavy atom. The van der Waals surface area contributed by atoms with Crippen LogP contribution in [0.3, 0.4) is 0 Å². The number of rotatable bonds is 4. The van der Waals surface area contributed by atoms with Crippen molar-refractivity contribution in [2.75, 3.05) is 6.61 Å². The molecule has 0 fully saturated rings. The van der Waals surface area contributed by atoms with Gasteiger partial charge in [-0.2, -0.15) is 0 Å². The van der Waals surface area contributed by atoms with Gasteiger partial charge < -0.3 is 4.74 Å². The average molecular weight is 445 g/mol. The van der Waals surface area contributed by atoms with Crippen LogP contribution in [-0.4, -0.2) is 6.61 Å². The highest BCUT2D eigenvalue weighted by molar-refractivity contribution is 9.11. The Kier molecular flexibility index (Phi) is 5.61. The molecule has 0 saturated carbocycles. The van der Waals surface area contributed by atoms with E-state index in [9.17, 15) is 0 Å². The second-order valence-corrected chi connectivity index (χ2v) is 7.26. The minimum absolute atomic E-state index is 0.00236. The predicted octanol–water partition coefficient (Wildman–Crippen LogP) is 6.70. The van der Waals surface area contributed by atoms with Crippen LogP contribution in [0.4, 0.5) is 0 Å². The van der Waals surface area contributed by atoms with E-state index in [0.717, 1.165) is 14.9 Å². The molecule has 102 valence electrons. The molecule has 0 aliphatic carbocycles. The van der Waals surface area contributed by atoms with E-state index in [1.165, 1.54) is 0 Å². The number of hydrogen-bond acceptors (Lipinski definition) is 2. The third kappa shape index (κ3) is 3.48. The molecule has 0 spiro atoms. The van der Waals surface area contributed by atoms with Gasteiger partial charge in [0.2, 0.25) is 0 Å². The first-order valence-corrected chi connectivity index (χ1v) is 8.87. The fourth-order valence-electron chi connectivity index (χ4n) is 1.63. The predicted molar refractivity (Wildman–Crippen MR) is 90.4 cm³/mol. The third-order valence-electron chi connectivity index (χ3n) is 2.50. The first-order valence-electron chi connectivity index (χ1n) is 5.53. The van der Waals surface area contributed by atoms with E-state index < -0.39 is 0 Å². The summed E-state index contributed by atoms with van der Waals surface area (Å²) in [5.74, 6) is 0.614. The Morgan fingerprint density at radius 3 is 2.63 bits per heavy atom. The van der Waals surface area contributed by atoms with Gasteiger partial charge in [-0.1, -0.05) is 39.1 Å². The van der Waals surface area contributed by atoms with Crippen LogP contribution in [0.25, 0.3) is 0 Å². The highest BCUT2D eigenvalue weighted by Gasteiger charge is 2.19. The fourth-order valence-corrected chi connectivity index (χ4v) is 5.10. The van der Waals surface area contributed by atoms with E-state index in [1.54, 1.807) is 17.4 Å². The van der Waals surface area contributed by atoms with Crippen LogP contribution in [0, 0.1) is 0 Å². The molecular formula is C13H10Br2Cl2OS. The fraction of sp³-hybridized carbons (Fsp3) is 0.231. The normalized spacial score (nSPS) is 12.5. The van der Waals surface area contributed by atoms with Gasteiger partial charge in [0.05, 0.1) is 16.5 Å². The van der Waals surface area contributed by atoms with Crippen molar-refractivity contribution in [3.8, 4) is 5.75 Å². The van der Waals surface area contributed by atoms with E-state index in [0.29, 0.717) is 22.4 Å². The number of benzene rings is 1. The Morgan fingerprint density at radius 2 is 2.05 bits per heavy atom. The molecule has 1 heterocycles. The molecule has 0 saturated heterocycles. The second-order valence-electron chi connectivity index (χ2n) is 3.73. The summed E-state index contributed by atoms with van der Waals surface area (Å²) in [4.78, 5) is 1.16. The van der Waals surface area contributed by atoms with E-state index in [4.69, 9.17) is 27.9 Å².